The molecule has 3 amide bonds. The summed E-state index contributed by atoms with van der Waals surface area (Å²) in [5.41, 5.74) is 5.19. The molecule has 2 aromatic rings. The SMILES string of the molecule is Cc1cc(F)c(COc2nsc(NC(=O)NCC(C)O)c2C(N)=O)cc1F. The lowest BCUT2D eigenvalue weighted by Crippen LogP contribution is -2.34. The third kappa shape index (κ3) is 5.34. The van der Waals surface area contributed by atoms with Crippen molar-refractivity contribution < 1.29 is 28.2 Å². The highest BCUT2D eigenvalue weighted by Gasteiger charge is 2.22. The minimum Gasteiger partial charge on any atom is -0.471 e. The number of benzene rings is 1. The van der Waals surface area contributed by atoms with Gasteiger partial charge in [0.1, 0.15) is 28.8 Å². The molecular formula is C16H18F2N4O4S. The van der Waals surface area contributed by atoms with Gasteiger partial charge >= 0.3 is 6.03 Å². The average molecular weight is 400 g/mol. The third-order valence-electron chi connectivity index (χ3n) is 3.38. The predicted molar refractivity (Wildman–Crippen MR) is 94.8 cm³/mol. The molecular weight excluding hydrogens is 382 g/mol. The highest BCUT2D eigenvalue weighted by molar-refractivity contribution is 7.11. The molecule has 0 aliphatic carbocycles. The van der Waals surface area contributed by atoms with Crippen LogP contribution in [0.3, 0.4) is 0 Å². The van der Waals surface area contributed by atoms with Crippen molar-refractivity contribution in [2.24, 2.45) is 5.73 Å². The van der Waals surface area contributed by atoms with Crippen LogP contribution in [0.2, 0.25) is 0 Å². The summed E-state index contributed by atoms with van der Waals surface area (Å²) in [7, 11) is 0. The number of aliphatic hydroxyl groups excluding tert-OH is 1. The molecule has 0 aliphatic rings. The molecule has 1 aromatic heterocycles. The molecule has 0 aliphatic heterocycles. The van der Waals surface area contributed by atoms with Crippen LogP contribution in [-0.2, 0) is 6.61 Å². The molecule has 0 spiro atoms. The number of nitrogens with two attached hydrogens (primary N) is 1. The number of aromatic nitrogens is 1. The van der Waals surface area contributed by atoms with Gasteiger partial charge in [-0.3, -0.25) is 10.1 Å². The summed E-state index contributed by atoms with van der Waals surface area (Å²) in [5.74, 6) is -2.39. The van der Waals surface area contributed by atoms with Gasteiger partial charge < -0.3 is 20.9 Å². The number of primary amides is 1. The quantitative estimate of drug-likeness (QED) is 0.565. The van der Waals surface area contributed by atoms with Crippen molar-refractivity contribution in [3.63, 3.8) is 0 Å². The molecule has 1 unspecified atom stereocenters. The minimum atomic E-state index is -0.917. The second-order valence-electron chi connectivity index (χ2n) is 5.72. The lowest BCUT2D eigenvalue weighted by atomic mass is 10.1. The summed E-state index contributed by atoms with van der Waals surface area (Å²) in [6.07, 6.45) is -0.753. The first-order valence-electron chi connectivity index (χ1n) is 7.78. The summed E-state index contributed by atoms with van der Waals surface area (Å²) >= 11 is 0.734. The minimum absolute atomic E-state index is 0.00182. The predicted octanol–water partition coefficient (Wildman–Crippen LogP) is 1.91. The Morgan fingerprint density at radius 1 is 1.37 bits per heavy atom. The van der Waals surface area contributed by atoms with Gasteiger partial charge in [0.25, 0.3) is 5.91 Å². The number of amides is 3. The first-order chi connectivity index (χ1) is 12.7. The Kier molecular flexibility index (Phi) is 6.64. The molecule has 1 aromatic carbocycles. The molecule has 0 saturated heterocycles. The van der Waals surface area contributed by atoms with E-state index >= 15 is 0 Å². The highest BCUT2D eigenvalue weighted by Crippen LogP contribution is 2.31. The number of ether oxygens (including phenoxy) is 1. The Labute approximate surface area is 157 Å². The van der Waals surface area contributed by atoms with Crippen molar-refractivity contribution in [3.8, 4) is 5.88 Å². The Bertz CT molecular complexity index is 857. The molecule has 27 heavy (non-hydrogen) atoms. The lowest BCUT2D eigenvalue weighted by Gasteiger charge is -2.09. The van der Waals surface area contributed by atoms with E-state index in [0.29, 0.717) is 0 Å². The fourth-order valence-corrected chi connectivity index (χ4v) is 2.74. The molecule has 0 bridgehead atoms. The molecule has 0 fully saturated rings. The number of hydrogen-bond donors (Lipinski definition) is 4. The van der Waals surface area contributed by atoms with Gasteiger partial charge in [0.05, 0.1) is 6.10 Å². The van der Waals surface area contributed by atoms with Crippen LogP contribution < -0.4 is 21.1 Å². The second kappa shape index (κ2) is 8.73. The van der Waals surface area contributed by atoms with Crippen molar-refractivity contribution >= 4 is 28.5 Å². The van der Waals surface area contributed by atoms with Gasteiger partial charge in [-0.1, -0.05) is 0 Å². The van der Waals surface area contributed by atoms with Crippen LogP contribution in [0.4, 0.5) is 18.6 Å². The number of anilines is 1. The van der Waals surface area contributed by atoms with E-state index < -0.39 is 29.7 Å². The normalized spacial score (nSPS) is 11.7. The zero-order valence-corrected chi connectivity index (χ0v) is 15.3. The number of hydrogen-bond acceptors (Lipinski definition) is 6. The topological polar surface area (TPSA) is 127 Å². The van der Waals surface area contributed by atoms with Crippen LogP contribution in [-0.4, -0.2) is 34.1 Å². The van der Waals surface area contributed by atoms with Crippen molar-refractivity contribution in [2.45, 2.75) is 26.6 Å². The average Bonchev–Trinajstić information content (AvgIpc) is 2.97. The smallest absolute Gasteiger partial charge is 0.320 e. The Hall–Kier alpha value is -2.79. The van der Waals surface area contributed by atoms with Crippen molar-refractivity contribution in [1.82, 2.24) is 9.69 Å². The molecule has 5 N–H and O–H groups in total. The second-order valence-corrected chi connectivity index (χ2v) is 6.50. The zero-order valence-electron chi connectivity index (χ0n) is 14.5. The molecule has 8 nitrogen and oxygen atoms in total. The number of nitrogens with one attached hydrogen (secondary N) is 2. The van der Waals surface area contributed by atoms with Gasteiger partial charge in [0, 0.05) is 12.1 Å². The van der Waals surface area contributed by atoms with Crippen molar-refractivity contribution in [1.29, 1.82) is 0 Å². The largest absolute Gasteiger partial charge is 0.471 e. The van der Waals surface area contributed by atoms with Crippen LogP contribution in [0.1, 0.15) is 28.4 Å². The van der Waals surface area contributed by atoms with Crippen LogP contribution in [0.5, 0.6) is 5.88 Å². The summed E-state index contributed by atoms with van der Waals surface area (Å²) in [5, 5.41) is 13.9. The first-order valence-corrected chi connectivity index (χ1v) is 8.56. The van der Waals surface area contributed by atoms with E-state index in [1.54, 1.807) is 0 Å². The molecule has 11 heteroatoms. The number of aliphatic hydroxyl groups is 1. The van der Waals surface area contributed by atoms with Gasteiger partial charge in [-0.15, -0.1) is 0 Å². The monoisotopic (exact) mass is 400 g/mol. The molecule has 0 radical (unpaired) electrons. The fourth-order valence-electron chi connectivity index (χ4n) is 2.01. The van der Waals surface area contributed by atoms with Crippen LogP contribution >= 0.6 is 11.5 Å². The Morgan fingerprint density at radius 2 is 2.07 bits per heavy atom. The molecule has 0 saturated carbocycles. The number of rotatable bonds is 7. The van der Waals surface area contributed by atoms with Crippen molar-refractivity contribution in [3.05, 3.63) is 40.5 Å². The van der Waals surface area contributed by atoms with Gasteiger partial charge in [-0.05, 0) is 43.1 Å². The Balaban J connectivity index is 2.14. The summed E-state index contributed by atoms with van der Waals surface area (Å²) in [4.78, 5) is 23.4. The van der Waals surface area contributed by atoms with Gasteiger partial charge in [-0.25, -0.2) is 13.6 Å². The van der Waals surface area contributed by atoms with E-state index in [0.717, 1.165) is 23.7 Å². The third-order valence-corrected chi connectivity index (χ3v) is 4.13. The zero-order chi connectivity index (χ0) is 20.1. The standard InChI is InChI=1S/C16H18F2N4O4S/c1-7-3-11(18)9(4-10(7)17)6-26-14-12(13(19)24)15(27-22-14)21-16(25)20-5-8(2)23/h3-4,8,23H,5-6H2,1-2H3,(H2,19,24)(H2,20,21,25). The summed E-state index contributed by atoms with van der Waals surface area (Å²) in [6.45, 7) is 2.52. The summed E-state index contributed by atoms with van der Waals surface area (Å²) in [6, 6.07) is 1.34. The number of nitrogens with zero attached hydrogens (tertiary/aromatic N) is 1. The first kappa shape index (κ1) is 20.5. The molecule has 1 atom stereocenters. The lowest BCUT2D eigenvalue weighted by molar-refractivity contribution is 0.0996. The maximum atomic E-state index is 13.9. The number of aryl methyl sites for hydroxylation is 1. The van der Waals surface area contributed by atoms with E-state index in [9.17, 15) is 18.4 Å². The van der Waals surface area contributed by atoms with E-state index in [1.807, 2.05) is 0 Å². The molecule has 2 rings (SSSR count). The van der Waals surface area contributed by atoms with E-state index in [2.05, 4.69) is 15.0 Å². The maximum absolute atomic E-state index is 13.9. The van der Waals surface area contributed by atoms with Crippen LogP contribution in [0.25, 0.3) is 0 Å². The number of urea groups is 1. The Morgan fingerprint density at radius 3 is 2.70 bits per heavy atom. The maximum Gasteiger partial charge on any atom is 0.320 e. The highest BCUT2D eigenvalue weighted by atomic mass is 32.1. The number of carbonyl (C=O) groups excluding carboxylic acids is 2. The van der Waals surface area contributed by atoms with Gasteiger partial charge in [0.2, 0.25) is 5.88 Å². The van der Waals surface area contributed by atoms with Crippen LogP contribution in [0.15, 0.2) is 12.1 Å². The van der Waals surface area contributed by atoms with Gasteiger partial charge in [0.15, 0.2) is 0 Å². The van der Waals surface area contributed by atoms with E-state index in [-0.39, 0.29) is 40.7 Å². The number of carbonyl (C=O) groups is 2. The van der Waals surface area contributed by atoms with Crippen LogP contribution in [0, 0.1) is 18.6 Å². The molecule has 1 heterocycles. The summed E-state index contributed by atoms with van der Waals surface area (Å²) < 4.78 is 36.6. The number of halogens is 2. The fraction of sp³-hybridized carbons (Fsp3) is 0.312. The molecule has 146 valence electrons. The van der Waals surface area contributed by atoms with Crippen molar-refractivity contribution in [2.75, 3.05) is 11.9 Å². The van der Waals surface area contributed by atoms with E-state index in [4.69, 9.17) is 15.6 Å². The van der Waals surface area contributed by atoms with Gasteiger partial charge in [-0.2, -0.15) is 4.37 Å². The van der Waals surface area contributed by atoms with E-state index in [1.165, 1.54) is 13.8 Å².